The van der Waals surface area contributed by atoms with Gasteiger partial charge in [0.15, 0.2) is 0 Å². The van der Waals surface area contributed by atoms with Crippen LogP contribution in [-0.2, 0) is 5.41 Å². The second-order valence-electron chi connectivity index (χ2n) is 7.89. The van der Waals surface area contributed by atoms with Crippen LogP contribution in [0.3, 0.4) is 0 Å². The van der Waals surface area contributed by atoms with Gasteiger partial charge in [-0.2, -0.15) is 0 Å². The smallest absolute Gasteiger partial charge is 0.255 e. The highest BCUT2D eigenvalue weighted by Gasteiger charge is 2.42. The molecule has 2 aromatic rings. The van der Waals surface area contributed by atoms with Crippen molar-refractivity contribution in [1.29, 1.82) is 0 Å². The molecule has 1 aromatic heterocycles. The van der Waals surface area contributed by atoms with Crippen LogP contribution in [0.5, 0.6) is 5.75 Å². The molecule has 1 N–H and O–H groups in total. The van der Waals surface area contributed by atoms with E-state index in [-0.39, 0.29) is 11.7 Å². The fourth-order valence-corrected chi connectivity index (χ4v) is 4.66. The number of likely N-dealkylation sites (tertiary alicyclic amines) is 1. The van der Waals surface area contributed by atoms with Gasteiger partial charge in [0.1, 0.15) is 5.75 Å². The number of benzene rings is 1. The van der Waals surface area contributed by atoms with E-state index < -0.39 is 5.41 Å². The summed E-state index contributed by atoms with van der Waals surface area (Å²) in [6.45, 7) is 10.4. The molecule has 5 heteroatoms. The first-order valence-electron chi connectivity index (χ1n) is 10.8. The zero-order valence-corrected chi connectivity index (χ0v) is 17.9. The third-order valence-corrected chi connectivity index (χ3v) is 6.05. The molecule has 1 amide bonds. The average molecular weight is 396 g/mol. The number of amides is 1. The van der Waals surface area contributed by atoms with E-state index in [1.807, 2.05) is 43.0 Å². The molecule has 1 atom stereocenters. The molecule has 1 aliphatic heterocycles. The summed E-state index contributed by atoms with van der Waals surface area (Å²) in [6, 6.07) is 11.3. The van der Waals surface area contributed by atoms with Gasteiger partial charge in [0.25, 0.3) is 5.91 Å². The van der Waals surface area contributed by atoms with Crippen molar-refractivity contribution in [3.63, 3.8) is 0 Å². The van der Waals surface area contributed by atoms with Crippen LogP contribution in [-0.4, -0.2) is 58.5 Å². The van der Waals surface area contributed by atoms with Gasteiger partial charge in [-0.3, -0.25) is 9.78 Å². The first-order valence-corrected chi connectivity index (χ1v) is 10.8. The van der Waals surface area contributed by atoms with Crippen molar-refractivity contribution in [2.24, 2.45) is 0 Å². The molecule has 0 saturated carbocycles. The Morgan fingerprint density at radius 1 is 1.21 bits per heavy atom. The number of phenolic OH excluding ortho intramolecular Hbond substituents is 1. The van der Waals surface area contributed by atoms with Gasteiger partial charge in [0, 0.05) is 25.8 Å². The van der Waals surface area contributed by atoms with Crippen LogP contribution < -0.4 is 0 Å². The standard InChI is InChI=1S/C24H33N3O2/c1-4-15-26-16-9-13-24(18-26,19-10-7-11-20(28)17-19)22-21(12-8-14-25-22)23(29)27(5-2)6-3/h7-8,10-12,14,17,28H,4-6,9,13,15-16,18H2,1-3H3. The van der Waals surface area contributed by atoms with Gasteiger partial charge in [0.2, 0.25) is 0 Å². The van der Waals surface area contributed by atoms with Crippen molar-refractivity contribution in [1.82, 2.24) is 14.8 Å². The van der Waals surface area contributed by atoms with Gasteiger partial charge < -0.3 is 14.9 Å². The molecule has 0 bridgehead atoms. The van der Waals surface area contributed by atoms with Crippen LogP contribution in [0.1, 0.15) is 61.6 Å². The molecule has 1 aromatic carbocycles. The molecular weight excluding hydrogens is 362 g/mol. The Morgan fingerprint density at radius 2 is 2.00 bits per heavy atom. The van der Waals surface area contributed by atoms with Crippen molar-refractivity contribution in [2.45, 2.75) is 45.4 Å². The Bertz CT molecular complexity index is 832. The van der Waals surface area contributed by atoms with Gasteiger partial charge in [-0.25, -0.2) is 0 Å². The van der Waals surface area contributed by atoms with Gasteiger partial charge in [-0.15, -0.1) is 0 Å². The van der Waals surface area contributed by atoms with Gasteiger partial charge in [-0.05, 0) is 76.0 Å². The van der Waals surface area contributed by atoms with Crippen molar-refractivity contribution in [3.05, 3.63) is 59.4 Å². The van der Waals surface area contributed by atoms with Crippen LogP contribution in [0.25, 0.3) is 0 Å². The third kappa shape index (κ3) is 4.30. The van der Waals surface area contributed by atoms with Crippen molar-refractivity contribution in [2.75, 3.05) is 32.7 Å². The number of piperidine rings is 1. The summed E-state index contributed by atoms with van der Waals surface area (Å²) < 4.78 is 0. The lowest BCUT2D eigenvalue weighted by atomic mass is 9.70. The molecular formula is C24H33N3O2. The van der Waals surface area contributed by atoms with Crippen LogP contribution >= 0.6 is 0 Å². The predicted molar refractivity (Wildman–Crippen MR) is 116 cm³/mol. The van der Waals surface area contributed by atoms with Crippen molar-refractivity contribution < 1.29 is 9.90 Å². The SMILES string of the molecule is CCCN1CCCC(c2cccc(O)c2)(c2ncccc2C(=O)N(CC)CC)C1. The van der Waals surface area contributed by atoms with E-state index in [4.69, 9.17) is 4.98 Å². The number of pyridine rings is 1. The minimum atomic E-state index is -0.411. The van der Waals surface area contributed by atoms with E-state index in [1.54, 1.807) is 12.3 Å². The summed E-state index contributed by atoms with van der Waals surface area (Å²) in [5.41, 5.74) is 2.14. The zero-order chi connectivity index (χ0) is 20.9. The summed E-state index contributed by atoms with van der Waals surface area (Å²) >= 11 is 0. The molecule has 1 fully saturated rings. The Balaban J connectivity index is 2.17. The maximum Gasteiger partial charge on any atom is 0.255 e. The first-order chi connectivity index (χ1) is 14.1. The Morgan fingerprint density at radius 3 is 2.69 bits per heavy atom. The van der Waals surface area contributed by atoms with Crippen LogP contribution in [0.2, 0.25) is 0 Å². The van der Waals surface area contributed by atoms with Gasteiger partial charge in [0.05, 0.1) is 16.7 Å². The Labute approximate surface area is 174 Å². The molecule has 0 radical (unpaired) electrons. The second-order valence-corrected chi connectivity index (χ2v) is 7.89. The maximum atomic E-state index is 13.3. The first kappa shape index (κ1) is 21.3. The highest BCUT2D eigenvalue weighted by Crippen LogP contribution is 2.42. The lowest BCUT2D eigenvalue weighted by Gasteiger charge is -2.44. The minimum absolute atomic E-state index is 0.0326. The minimum Gasteiger partial charge on any atom is -0.508 e. The molecule has 29 heavy (non-hydrogen) atoms. The zero-order valence-electron chi connectivity index (χ0n) is 17.9. The lowest BCUT2D eigenvalue weighted by molar-refractivity contribution is 0.0766. The fraction of sp³-hybridized carbons (Fsp3) is 0.500. The van der Waals surface area contributed by atoms with E-state index in [9.17, 15) is 9.90 Å². The molecule has 0 aliphatic carbocycles. The number of phenols is 1. The second kappa shape index (κ2) is 9.40. The number of aromatic nitrogens is 1. The summed E-state index contributed by atoms with van der Waals surface area (Å²) in [6.07, 6.45) is 4.82. The average Bonchev–Trinajstić information content (AvgIpc) is 2.75. The summed E-state index contributed by atoms with van der Waals surface area (Å²) in [5.74, 6) is 0.285. The van der Waals surface area contributed by atoms with E-state index in [1.165, 1.54) is 0 Å². The molecule has 3 rings (SSSR count). The van der Waals surface area contributed by atoms with Crippen molar-refractivity contribution in [3.8, 4) is 5.75 Å². The molecule has 0 spiro atoms. The predicted octanol–water partition coefficient (Wildman–Crippen LogP) is 4.06. The van der Waals surface area contributed by atoms with E-state index >= 15 is 0 Å². The topological polar surface area (TPSA) is 56.7 Å². The quantitative estimate of drug-likeness (QED) is 0.768. The number of carbonyl (C=O) groups is 1. The highest BCUT2D eigenvalue weighted by molar-refractivity contribution is 5.95. The number of carbonyl (C=O) groups excluding carboxylic acids is 1. The lowest BCUT2D eigenvalue weighted by Crippen LogP contribution is -2.48. The molecule has 1 unspecified atom stereocenters. The molecule has 2 heterocycles. The van der Waals surface area contributed by atoms with E-state index in [2.05, 4.69) is 17.9 Å². The third-order valence-electron chi connectivity index (χ3n) is 6.05. The number of hydrogen-bond acceptors (Lipinski definition) is 4. The molecule has 5 nitrogen and oxygen atoms in total. The summed E-state index contributed by atoms with van der Waals surface area (Å²) in [7, 11) is 0. The Kier molecular flexibility index (Phi) is 6.91. The normalized spacial score (nSPS) is 19.8. The molecule has 156 valence electrons. The largest absolute Gasteiger partial charge is 0.508 e. The van der Waals surface area contributed by atoms with Crippen LogP contribution in [0.4, 0.5) is 0 Å². The van der Waals surface area contributed by atoms with Crippen LogP contribution in [0.15, 0.2) is 42.6 Å². The monoisotopic (exact) mass is 395 g/mol. The number of rotatable bonds is 7. The van der Waals surface area contributed by atoms with Crippen molar-refractivity contribution >= 4 is 5.91 Å². The van der Waals surface area contributed by atoms with E-state index in [0.717, 1.165) is 50.2 Å². The summed E-state index contributed by atoms with van der Waals surface area (Å²) in [5, 5.41) is 10.2. The highest BCUT2D eigenvalue weighted by atomic mass is 16.3. The number of aromatic hydroxyl groups is 1. The van der Waals surface area contributed by atoms with E-state index in [0.29, 0.717) is 18.7 Å². The van der Waals surface area contributed by atoms with Gasteiger partial charge in [-0.1, -0.05) is 19.1 Å². The summed E-state index contributed by atoms with van der Waals surface area (Å²) in [4.78, 5) is 22.4. The molecule has 1 aliphatic rings. The number of hydrogen-bond donors (Lipinski definition) is 1. The Hall–Kier alpha value is -2.40. The maximum absolute atomic E-state index is 13.3. The fourth-order valence-electron chi connectivity index (χ4n) is 4.66. The van der Waals surface area contributed by atoms with Gasteiger partial charge >= 0.3 is 0 Å². The van der Waals surface area contributed by atoms with Crippen LogP contribution in [0, 0.1) is 0 Å². The molecule has 1 saturated heterocycles. The number of nitrogens with zero attached hydrogens (tertiary/aromatic N) is 3.